The van der Waals surface area contributed by atoms with Crippen LogP contribution in [-0.2, 0) is 15.0 Å². The van der Waals surface area contributed by atoms with Gasteiger partial charge in [0.25, 0.3) is 0 Å². The van der Waals surface area contributed by atoms with Crippen molar-refractivity contribution in [1.82, 2.24) is 25.8 Å². The van der Waals surface area contributed by atoms with Crippen molar-refractivity contribution in [3.05, 3.63) is 70.1 Å². The summed E-state index contributed by atoms with van der Waals surface area (Å²) in [5.41, 5.74) is 0.668. The van der Waals surface area contributed by atoms with Crippen LogP contribution in [0.1, 0.15) is 94.1 Å². The van der Waals surface area contributed by atoms with Crippen LogP contribution in [0.2, 0.25) is 10.2 Å². The summed E-state index contributed by atoms with van der Waals surface area (Å²) in [6.45, 7) is 4.55. The molecule has 2 aliphatic carbocycles. The number of nitrogens with zero attached hydrogens (tertiary/aromatic N) is 3. The predicted molar refractivity (Wildman–Crippen MR) is 163 cm³/mol. The molecule has 0 radical (unpaired) electrons. The van der Waals surface area contributed by atoms with Gasteiger partial charge in [-0.15, -0.1) is 10.2 Å². The van der Waals surface area contributed by atoms with Crippen molar-refractivity contribution in [2.75, 3.05) is 5.32 Å². The maximum absolute atomic E-state index is 14.6. The maximum atomic E-state index is 14.6. The molecule has 2 aliphatic heterocycles. The average Bonchev–Trinajstić information content (AvgIpc) is 3.68. The van der Waals surface area contributed by atoms with Gasteiger partial charge in [0.05, 0.1) is 6.04 Å². The molecule has 4 aliphatic rings. The molecule has 3 N–H and O–H groups in total. The van der Waals surface area contributed by atoms with E-state index in [4.69, 9.17) is 27.6 Å². The van der Waals surface area contributed by atoms with Gasteiger partial charge in [-0.3, -0.25) is 14.9 Å². The lowest BCUT2D eigenvalue weighted by Crippen LogP contribution is -2.61. The van der Waals surface area contributed by atoms with Gasteiger partial charge in [0.1, 0.15) is 10.6 Å². The fraction of sp³-hybridized carbons (Fsp3) is 0.531. The number of hydrogen-bond acceptors (Lipinski definition) is 7. The Morgan fingerprint density at radius 3 is 2.53 bits per heavy atom. The van der Waals surface area contributed by atoms with E-state index in [2.05, 4.69) is 45.0 Å². The Hall–Kier alpha value is -3.01. The molecule has 226 valence electrons. The summed E-state index contributed by atoms with van der Waals surface area (Å²) in [5, 5.41) is 19.1. The fourth-order valence-electron chi connectivity index (χ4n) is 8.40. The standard InChI is InChI=1S/C32H36Cl2N6O3/c1-30(2)10-12-31(13-11-30)32(22-16-35-24(34)15-23(22)38-29(32)42)25(19-4-3-5-20(33)14-19)26(39-31)27(41)37-21-8-6-18(7-9-21)28-40-36-17-43-28/h3-5,14-18,21,25-26,39H,6-13H2,1-2H3,(H,37,41)(H,38,42)/t18?,21?,25-,26+,32+/m0/s1. The molecule has 2 saturated carbocycles. The number of hydrogen-bond donors (Lipinski definition) is 3. The van der Waals surface area contributed by atoms with E-state index < -0.39 is 22.9 Å². The summed E-state index contributed by atoms with van der Waals surface area (Å²) < 4.78 is 5.44. The number of carbonyl (C=O) groups excluding carboxylic acids is 2. The van der Waals surface area contributed by atoms with E-state index in [1.807, 2.05) is 24.3 Å². The zero-order valence-electron chi connectivity index (χ0n) is 24.3. The van der Waals surface area contributed by atoms with Crippen LogP contribution in [0, 0.1) is 5.41 Å². The van der Waals surface area contributed by atoms with Gasteiger partial charge >= 0.3 is 0 Å². The zero-order chi connectivity index (χ0) is 30.0. The highest BCUT2D eigenvalue weighted by atomic mass is 35.5. The van der Waals surface area contributed by atoms with Gasteiger partial charge in [0.15, 0.2) is 0 Å². The largest absolute Gasteiger partial charge is 0.428 e. The number of aromatic nitrogens is 3. The normalized spacial score (nSPS) is 30.7. The molecule has 3 aromatic rings. The van der Waals surface area contributed by atoms with Crippen LogP contribution in [0.5, 0.6) is 0 Å². The van der Waals surface area contributed by atoms with Crippen molar-refractivity contribution in [3.8, 4) is 0 Å². The lowest BCUT2D eigenvalue weighted by atomic mass is 9.53. The van der Waals surface area contributed by atoms with E-state index >= 15 is 0 Å². The van der Waals surface area contributed by atoms with Crippen molar-refractivity contribution in [3.63, 3.8) is 0 Å². The molecular weight excluding hydrogens is 587 g/mol. The third-order valence-electron chi connectivity index (χ3n) is 10.6. The molecule has 11 heteroatoms. The van der Waals surface area contributed by atoms with Gasteiger partial charge in [-0.2, -0.15) is 0 Å². The third-order valence-corrected chi connectivity index (χ3v) is 11.1. The van der Waals surface area contributed by atoms with Crippen LogP contribution in [0.4, 0.5) is 5.69 Å². The van der Waals surface area contributed by atoms with Crippen molar-refractivity contribution in [1.29, 1.82) is 0 Å². The highest BCUT2D eigenvalue weighted by Crippen LogP contribution is 2.63. The number of carbonyl (C=O) groups is 2. The number of rotatable bonds is 4. The SMILES string of the molecule is CC1(C)CCC2(CC1)N[C@@H](C(=O)NC1CCC(c3nnco3)CC1)[C@H](c1cccc(Cl)c1)[C@]21C(=O)Nc2cc(Cl)ncc21. The van der Waals surface area contributed by atoms with Gasteiger partial charge in [-0.05, 0) is 80.5 Å². The first-order chi connectivity index (χ1) is 20.6. The second-order valence-corrected chi connectivity index (χ2v) is 14.4. The Bertz CT molecular complexity index is 1540. The lowest BCUT2D eigenvalue weighted by molar-refractivity contribution is -0.125. The predicted octanol–water partition coefficient (Wildman–Crippen LogP) is 5.90. The number of amides is 2. The first kappa shape index (κ1) is 28.7. The van der Waals surface area contributed by atoms with Crippen molar-refractivity contribution in [2.45, 2.75) is 100 Å². The minimum absolute atomic E-state index is 0.0106. The Balaban J connectivity index is 1.29. The zero-order valence-corrected chi connectivity index (χ0v) is 25.8. The Kier molecular flexibility index (Phi) is 7.06. The lowest BCUT2D eigenvalue weighted by Gasteiger charge is -2.50. The first-order valence-electron chi connectivity index (χ1n) is 15.2. The smallest absolute Gasteiger partial charge is 0.238 e. The average molecular weight is 624 g/mol. The number of fused-ring (bicyclic) bond motifs is 3. The third kappa shape index (κ3) is 4.66. The maximum Gasteiger partial charge on any atom is 0.238 e. The number of halogens is 2. The molecule has 3 atom stereocenters. The van der Waals surface area contributed by atoms with Crippen molar-refractivity contribution < 1.29 is 14.0 Å². The second kappa shape index (κ2) is 10.6. The topological polar surface area (TPSA) is 122 Å². The van der Waals surface area contributed by atoms with Gasteiger partial charge in [-0.1, -0.05) is 49.2 Å². The van der Waals surface area contributed by atoms with Gasteiger partial charge < -0.3 is 15.1 Å². The van der Waals surface area contributed by atoms with Crippen LogP contribution in [0.15, 0.2) is 47.3 Å². The number of pyridine rings is 1. The quantitative estimate of drug-likeness (QED) is 0.310. The number of anilines is 1. The summed E-state index contributed by atoms with van der Waals surface area (Å²) in [4.78, 5) is 33.5. The molecule has 2 spiro atoms. The first-order valence-corrected chi connectivity index (χ1v) is 15.9. The molecule has 4 heterocycles. The molecule has 7 rings (SSSR count). The number of nitrogens with one attached hydrogen (secondary N) is 3. The van der Waals surface area contributed by atoms with Crippen LogP contribution in [-0.4, -0.2) is 44.6 Å². The van der Waals surface area contributed by atoms with Crippen LogP contribution in [0.25, 0.3) is 0 Å². The van der Waals surface area contributed by atoms with E-state index in [9.17, 15) is 9.59 Å². The summed E-state index contributed by atoms with van der Waals surface area (Å²) in [6, 6.07) is 8.65. The molecule has 1 aromatic carbocycles. The fourth-order valence-corrected chi connectivity index (χ4v) is 8.76. The second-order valence-electron chi connectivity index (χ2n) is 13.5. The van der Waals surface area contributed by atoms with E-state index in [1.54, 1.807) is 12.3 Å². The summed E-state index contributed by atoms with van der Waals surface area (Å²) in [6.07, 6.45) is 9.75. The molecule has 3 fully saturated rings. The van der Waals surface area contributed by atoms with Gasteiger partial charge in [0, 0.05) is 45.9 Å². The monoisotopic (exact) mass is 622 g/mol. The van der Waals surface area contributed by atoms with Crippen molar-refractivity contribution in [2.24, 2.45) is 5.41 Å². The summed E-state index contributed by atoms with van der Waals surface area (Å²) >= 11 is 12.9. The van der Waals surface area contributed by atoms with Crippen LogP contribution in [0.3, 0.4) is 0 Å². The van der Waals surface area contributed by atoms with E-state index in [-0.39, 0.29) is 29.2 Å². The summed E-state index contributed by atoms with van der Waals surface area (Å²) in [7, 11) is 0. The highest BCUT2D eigenvalue weighted by molar-refractivity contribution is 6.30. The van der Waals surface area contributed by atoms with Gasteiger partial charge in [-0.25, -0.2) is 4.98 Å². The summed E-state index contributed by atoms with van der Waals surface area (Å²) in [5.74, 6) is 0.113. The van der Waals surface area contributed by atoms with Crippen LogP contribution >= 0.6 is 23.2 Å². The molecular formula is C32H36Cl2N6O3. The molecule has 2 amide bonds. The van der Waals surface area contributed by atoms with E-state index in [1.165, 1.54) is 6.39 Å². The number of benzene rings is 1. The Morgan fingerprint density at radius 1 is 1.07 bits per heavy atom. The minimum Gasteiger partial charge on any atom is -0.428 e. The molecule has 0 bridgehead atoms. The highest BCUT2D eigenvalue weighted by Gasteiger charge is 2.72. The molecule has 0 unspecified atom stereocenters. The molecule has 9 nitrogen and oxygen atoms in total. The van der Waals surface area contributed by atoms with Crippen molar-refractivity contribution >= 4 is 40.7 Å². The molecule has 1 saturated heterocycles. The minimum atomic E-state index is -1.08. The van der Waals surface area contributed by atoms with Gasteiger partial charge in [0.2, 0.25) is 24.1 Å². The molecule has 2 aromatic heterocycles. The van der Waals surface area contributed by atoms with E-state index in [0.29, 0.717) is 21.8 Å². The van der Waals surface area contributed by atoms with Crippen LogP contribution < -0.4 is 16.0 Å². The molecule has 43 heavy (non-hydrogen) atoms. The Labute approximate surface area is 260 Å². The van der Waals surface area contributed by atoms with E-state index in [0.717, 1.165) is 62.5 Å². The Morgan fingerprint density at radius 2 is 1.84 bits per heavy atom.